The van der Waals surface area contributed by atoms with Crippen LogP contribution in [0.1, 0.15) is 33.6 Å². The monoisotopic (exact) mass is 245 g/mol. The highest BCUT2D eigenvalue weighted by Crippen LogP contribution is 1.93. The molecule has 1 atom stereocenters. The van der Waals surface area contributed by atoms with E-state index in [0.29, 0.717) is 6.61 Å². The zero-order valence-corrected chi connectivity index (χ0v) is 10.4. The average Bonchev–Trinajstić information content (AvgIpc) is 2.25. The van der Waals surface area contributed by atoms with Crippen molar-refractivity contribution < 1.29 is 23.9 Å². The van der Waals surface area contributed by atoms with Gasteiger partial charge in [-0.25, -0.2) is 4.79 Å². The predicted octanol–water partition coefficient (Wildman–Crippen LogP) is 0.398. The van der Waals surface area contributed by atoms with Crippen molar-refractivity contribution in [2.75, 3.05) is 13.2 Å². The lowest BCUT2D eigenvalue weighted by Gasteiger charge is -2.12. The van der Waals surface area contributed by atoms with E-state index in [1.165, 1.54) is 6.92 Å². The number of esters is 2. The van der Waals surface area contributed by atoms with Crippen molar-refractivity contribution in [1.29, 1.82) is 0 Å². The van der Waals surface area contributed by atoms with E-state index in [1.54, 1.807) is 6.92 Å². The highest BCUT2D eigenvalue weighted by Gasteiger charge is 2.18. The zero-order valence-electron chi connectivity index (χ0n) is 10.4. The number of ether oxygens (including phenoxy) is 2. The fourth-order valence-electron chi connectivity index (χ4n) is 1.02. The van der Waals surface area contributed by atoms with Gasteiger partial charge in [-0.2, -0.15) is 0 Å². The lowest BCUT2D eigenvalue weighted by Crippen LogP contribution is -2.40. The minimum Gasteiger partial charge on any atom is -0.466 e. The minimum atomic E-state index is -0.761. The van der Waals surface area contributed by atoms with Gasteiger partial charge < -0.3 is 14.8 Å². The molecule has 6 nitrogen and oxygen atoms in total. The second-order valence-corrected chi connectivity index (χ2v) is 3.44. The fraction of sp³-hybridized carbons (Fsp3) is 0.727. The quantitative estimate of drug-likeness (QED) is 0.518. The van der Waals surface area contributed by atoms with Gasteiger partial charge in [0.05, 0.1) is 13.2 Å². The molecule has 0 aromatic heterocycles. The molecule has 1 N–H and O–H groups in total. The molecule has 0 spiro atoms. The van der Waals surface area contributed by atoms with Crippen LogP contribution in [-0.4, -0.2) is 37.1 Å². The maximum Gasteiger partial charge on any atom is 0.328 e. The Labute approximate surface area is 101 Å². The summed E-state index contributed by atoms with van der Waals surface area (Å²) in [6.07, 6.45) is 0.328. The maximum absolute atomic E-state index is 11.3. The molecule has 1 amide bonds. The van der Waals surface area contributed by atoms with Gasteiger partial charge in [-0.3, -0.25) is 9.59 Å². The summed E-state index contributed by atoms with van der Waals surface area (Å²) in [5, 5.41) is 2.36. The summed E-state index contributed by atoms with van der Waals surface area (Å²) in [5.41, 5.74) is 0. The molecule has 0 saturated carbocycles. The molecule has 6 heteroatoms. The second kappa shape index (κ2) is 8.55. The molecule has 0 fully saturated rings. The van der Waals surface area contributed by atoms with Crippen LogP contribution in [0.4, 0.5) is 0 Å². The van der Waals surface area contributed by atoms with Crippen LogP contribution in [0.25, 0.3) is 0 Å². The number of amides is 1. The van der Waals surface area contributed by atoms with E-state index >= 15 is 0 Å². The van der Waals surface area contributed by atoms with Gasteiger partial charge in [-0.15, -0.1) is 0 Å². The molecule has 0 aromatic rings. The molecule has 0 heterocycles. The average molecular weight is 245 g/mol. The van der Waals surface area contributed by atoms with Crippen LogP contribution in [0, 0.1) is 0 Å². The molecule has 17 heavy (non-hydrogen) atoms. The summed E-state index contributed by atoms with van der Waals surface area (Å²) in [7, 11) is 0. The number of rotatable bonds is 7. The van der Waals surface area contributed by atoms with E-state index in [0.717, 1.165) is 6.42 Å². The van der Waals surface area contributed by atoms with E-state index in [-0.39, 0.29) is 13.0 Å². The van der Waals surface area contributed by atoms with E-state index in [9.17, 15) is 14.4 Å². The fourth-order valence-corrected chi connectivity index (χ4v) is 1.02. The molecule has 0 aliphatic carbocycles. The molecule has 0 rings (SSSR count). The molecule has 0 radical (unpaired) electrons. The van der Waals surface area contributed by atoms with Crippen molar-refractivity contribution in [2.24, 2.45) is 0 Å². The van der Waals surface area contributed by atoms with Crippen molar-refractivity contribution in [3.8, 4) is 0 Å². The summed E-state index contributed by atoms with van der Waals surface area (Å²) in [4.78, 5) is 33.6. The second-order valence-electron chi connectivity index (χ2n) is 3.44. The van der Waals surface area contributed by atoms with Gasteiger partial charge in [0.15, 0.2) is 0 Å². The molecule has 0 aliphatic heterocycles. The molecular weight excluding hydrogens is 226 g/mol. The summed E-state index contributed by atoms with van der Waals surface area (Å²) >= 11 is 0. The summed E-state index contributed by atoms with van der Waals surface area (Å²) in [6, 6.07) is -0.761. The Balaban J connectivity index is 3.94. The van der Waals surface area contributed by atoms with Crippen LogP contribution < -0.4 is 5.32 Å². The highest BCUT2D eigenvalue weighted by molar-refractivity contribution is 5.96. The standard InChI is InChI=1S/C11H19NO5/c1-4-6-17-11(15)8(3)12-9(13)7-10(14)16-5-2/h8H,4-7H2,1-3H3,(H,12,13). The third-order valence-corrected chi connectivity index (χ3v) is 1.79. The molecule has 0 aliphatic rings. The van der Waals surface area contributed by atoms with Crippen LogP contribution >= 0.6 is 0 Å². The van der Waals surface area contributed by atoms with Gasteiger partial charge in [-0.05, 0) is 20.3 Å². The van der Waals surface area contributed by atoms with Crippen molar-refractivity contribution in [3.05, 3.63) is 0 Å². The Morgan fingerprint density at radius 1 is 1.18 bits per heavy atom. The molecule has 0 bridgehead atoms. The van der Waals surface area contributed by atoms with Gasteiger partial charge in [0, 0.05) is 0 Å². The molecule has 0 saturated heterocycles. The number of carbonyl (C=O) groups excluding carboxylic acids is 3. The van der Waals surface area contributed by atoms with Crippen LogP contribution in [0.15, 0.2) is 0 Å². The summed E-state index contributed by atoms with van der Waals surface area (Å²) in [5.74, 6) is -1.67. The topological polar surface area (TPSA) is 81.7 Å². The lowest BCUT2D eigenvalue weighted by molar-refractivity contribution is -0.150. The van der Waals surface area contributed by atoms with Crippen molar-refractivity contribution in [1.82, 2.24) is 5.32 Å². The Bertz CT molecular complexity index is 277. The van der Waals surface area contributed by atoms with Gasteiger partial charge in [-0.1, -0.05) is 6.92 Å². The van der Waals surface area contributed by atoms with Gasteiger partial charge in [0.2, 0.25) is 5.91 Å². The van der Waals surface area contributed by atoms with Gasteiger partial charge >= 0.3 is 11.9 Å². The van der Waals surface area contributed by atoms with Crippen LogP contribution in [0.3, 0.4) is 0 Å². The van der Waals surface area contributed by atoms with Crippen molar-refractivity contribution >= 4 is 17.8 Å². The maximum atomic E-state index is 11.3. The smallest absolute Gasteiger partial charge is 0.328 e. The molecular formula is C11H19NO5. The Morgan fingerprint density at radius 3 is 2.35 bits per heavy atom. The number of nitrogens with one attached hydrogen (secondary N) is 1. The van der Waals surface area contributed by atoms with E-state index in [4.69, 9.17) is 4.74 Å². The van der Waals surface area contributed by atoms with Crippen LogP contribution in [0.2, 0.25) is 0 Å². The number of carbonyl (C=O) groups is 3. The zero-order chi connectivity index (χ0) is 13.3. The molecule has 1 unspecified atom stereocenters. The van der Waals surface area contributed by atoms with E-state index in [1.807, 2.05) is 6.92 Å². The molecule has 0 aromatic carbocycles. The largest absolute Gasteiger partial charge is 0.466 e. The first-order chi connectivity index (χ1) is 8.01. The minimum absolute atomic E-state index is 0.222. The van der Waals surface area contributed by atoms with Crippen LogP contribution in [-0.2, 0) is 23.9 Å². The number of hydrogen-bond donors (Lipinski definition) is 1. The van der Waals surface area contributed by atoms with Gasteiger partial charge in [0.25, 0.3) is 0 Å². The SMILES string of the molecule is CCCOC(=O)C(C)NC(=O)CC(=O)OCC. The Morgan fingerprint density at radius 2 is 1.82 bits per heavy atom. The predicted molar refractivity (Wildman–Crippen MR) is 60.1 cm³/mol. The summed E-state index contributed by atoms with van der Waals surface area (Å²) in [6.45, 7) is 5.57. The normalized spacial score (nSPS) is 11.5. The van der Waals surface area contributed by atoms with Gasteiger partial charge in [0.1, 0.15) is 12.5 Å². The third kappa shape index (κ3) is 7.32. The third-order valence-electron chi connectivity index (χ3n) is 1.79. The van der Waals surface area contributed by atoms with Crippen molar-refractivity contribution in [3.63, 3.8) is 0 Å². The van der Waals surface area contributed by atoms with E-state index < -0.39 is 23.9 Å². The van der Waals surface area contributed by atoms with Crippen molar-refractivity contribution in [2.45, 2.75) is 39.7 Å². The highest BCUT2D eigenvalue weighted by atomic mass is 16.5. The lowest BCUT2D eigenvalue weighted by atomic mass is 10.3. The Hall–Kier alpha value is -1.59. The summed E-state index contributed by atoms with van der Waals surface area (Å²) < 4.78 is 9.44. The van der Waals surface area contributed by atoms with Crippen LogP contribution in [0.5, 0.6) is 0 Å². The first-order valence-electron chi connectivity index (χ1n) is 5.62. The first-order valence-corrected chi connectivity index (χ1v) is 5.62. The number of hydrogen-bond acceptors (Lipinski definition) is 5. The molecule has 98 valence electrons. The first kappa shape index (κ1) is 15.4. The Kier molecular flexibility index (Phi) is 7.75. The van der Waals surface area contributed by atoms with E-state index in [2.05, 4.69) is 10.1 Å².